The Hall–Kier alpha value is -1.49. The first kappa shape index (κ1) is 13.5. The number of aliphatic carboxylic acids is 1. The van der Waals surface area contributed by atoms with Gasteiger partial charge in [-0.05, 0) is 42.7 Å². The van der Waals surface area contributed by atoms with Gasteiger partial charge in [-0.1, -0.05) is 12.1 Å². The van der Waals surface area contributed by atoms with Crippen molar-refractivity contribution in [1.82, 2.24) is 0 Å². The van der Waals surface area contributed by atoms with E-state index < -0.39 is 11.4 Å². The molecule has 1 aliphatic heterocycles. The summed E-state index contributed by atoms with van der Waals surface area (Å²) in [5.74, 6) is 1.37. The molecule has 0 aromatic heterocycles. The molecular formula is C15H17NO3S. The average molecular weight is 291 g/mol. The number of benzene rings is 1. The van der Waals surface area contributed by atoms with Gasteiger partial charge in [0.15, 0.2) is 0 Å². The Morgan fingerprint density at radius 3 is 2.45 bits per heavy atom. The number of carboxylic acids is 1. The first-order valence-electron chi connectivity index (χ1n) is 6.84. The Morgan fingerprint density at radius 2 is 1.95 bits per heavy atom. The molecule has 5 heteroatoms. The first-order chi connectivity index (χ1) is 9.62. The zero-order chi connectivity index (χ0) is 14.2. The Labute approximate surface area is 121 Å². The van der Waals surface area contributed by atoms with Crippen molar-refractivity contribution >= 4 is 29.3 Å². The van der Waals surface area contributed by atoms with Gasteiger partial charge in [-0.15, -0.1) is 0 Å². The van der Waals surface area contributed by atoms with Gasteiger partial charge >= 0.3 is 5.97 Å². The maximum Gasteiger partial charge on any atom is 0.314 e. The predicted octanol–water partition coefficient (Wildman–Crippen LogP) is 2.49. The third-order valence-electron chi connectivity index (χ3n) is 4.16. The zero-order valence-electron chi connectivity index (χ0n) is 11.1. The molecule has 1 heterocycles. The standard InChI is InChI=1S/C15H17NO3S/c17-13(10-5-8-20-9-10)16-12-3-1-11(2-4-12)15(6-7-15)14(18)19/h1-4,10H,5-9H2,(H,16,17)(H,18,19). The summed E-state index contributed by atoms with van der Waals surface area (Å²) in [5.41, 5.74) is 0.904. The summed E-state index contributed by atoms with van der Waals surface area (Å²) >= 11 is 1.81. The molecule has 0 bridgehead atoms. The van der Waals surface area contributed by atoms with Crippen LogP contribution in [-0.2, 0) is 15.0 Å². The summed E-state index contributed by atoms with van der Waals surface area (Å²) in [4.78, 5) is 23.2. The highest BCUT2D eigenvalue weighted by Gasteiger charge is 2.51. The molecule has 20 heavy (non-hydrogen) atoms. The number of nitrogens with one attached hydrogen (secondary N) is 1. The van der Waals surface area contributed by atoms with Crippen molar-refractivity contribution in [2.24, 2.45) is 5.92 Å². The largest absolute Gasteiger partial charge is 0.481 e. The van der Waals surface area contributed by atoms with Crippen LogP contribution in [-0.4, -0.2) is 28.5 Å². The molecule has 3 rings (SSSR count). The molecule has 0 spiro atoms. The number of carboxylic acid groups (broad SMARTS) is 1. The fourth-order valence-corrected chi connectivity index (χ4v) is 3.83. The second-order valence-electron chi connectivity index (χ2n) is 5.51. The van der Waals surface area contributed by atoms with Crippen LogP contribution < -0.4 is 5.32 Å². The molecule has 1 unspecified atom stereocenters. The summed E-state index contributed by atoms with van der Waals surface area (Å²) in [6, 6.07) is 7.25. The van der Waals surface area contributed by atoms with E-state index >= 15 is 0 Å². The van der Waals surface area contributed by atoms with E-state index in [0.29, 0.717) is 12.8 Å². The lowest BCUT2D eigenvalue weighted by atomic mass is 9.96. The molecule has 106 valence electrons. The topological polar surface area (TPSA) is 66.4 Å². The van der Waals surface area contributed by atoms with E-state index in [4.69, 9.17) is 0 Å². The van der Waals surface area contributed by atoms with E-state index in [9.17, 15) is 14.7 Å². The third-order valence-corrected chi connectivity index (χ3v) is 5.33. The van der Waals surface area contributed by atoms with Gasteiger partial charge in [-0.3, -0.25) is 9.59 Å². The summed E-state index contributed by atoms with van der Waals surface area (Å²) in [7, 11) is 0. The molecule has 4 nitrogen and oxygen atoms in total. The minimum atomic E-state index is -0.753. The van der Waals surface area contributed by atoms with Crippen LogP contribution in [0.3, 0.4) is 0 Å². The van der Waals surface area contributed by atoms with Gasteiger partial charge in [-0.2, -0.15) is 11.8 Å². The van der Waals surface area contributed by atoms with E-state index in [1.807, 2.05) is 23.9 Å². The minimum Gasteiger partial charge on any atom is -0.481 e. The summed E-state index contributed by atoms with van der Waals surface area (Å²) < 4.78 is 0. The summed E-state index contributed by atoms with van der Waals surface area (Å²) in [5, 5.41) is 12.2. The molecule has 1 aromatic rings. The number of amides is 1. The highest BCUT2D eigenvalue weighted by molar-refractivity contribution is 7.99. The fraction of sp³-hybridized carbons (Fsp3) is 0.467. The molecule has 1 aromatic carbocycles. The van der Waals surface area contributed by atoms with Crippen molar-refractivity contribution in [2.75, 3.05) is 16.8 Å². The molecule has 2 N–H and O–H groups in total. The van der Waals surface area contributed by atoms with Gasteiger partial charge in [0.2, 0.25) is 5.91 Å². The van der Waals surface area contributed by atoms with E-state index in [1.54, 1.807) is 12.1 Å². The van der Waals surface area contributed by atoms with Crippen LogP contribution in [0.5, 0.6) is 0 Å². The smallest absolute Gasteiger partial charge is 0.314 e. The van der Waals surface area contributed by atoms with Crippen molar-refractivity contribution < 1.29 is 14.7 Å². The predicted molar refractivity (Wildman–Crippen MR) is 79.1 cm³/mol. The van der Waals surface area contributed by atoms with Crippen LogP contribution in [0.15, 0.2) is 24.3 Å². The maximum atomic E-state index is 12.0. The van der Waals surface area contributed by atoms with Crippen LogP contribution in [0, 0.1) is 5.92 Å². The Morgan fingerprint density at radius 1 is 1.25 bits per heavy atom. The normalized spacial score (nSPS) is 23.3. The lowest BCUT2D eigenvalue weighted by molar-refractivity contribution is -0.140. The Bertz CT molecular complexity index is 531. The highest BCUT2D eigenvalue weighted by atomic mass is 32.2. The zero-order valence-corrected chi connectivity index (χ0v) is 11.9. The molecule has 1 saturated heterocycles. The van der Waals surface area contributed by atoms with Crippen molar-refractivity contribution in [3.63, 3.8) is 0 Å². The average Bonchev–Trinajstić information content (AvgIpc) is 3.07. The number of hydrogen-bond donors (Lipinski definition) is 2. The van der Waals surface area contributed by atoms with E-state index in [2.05, 4.69) is 5.32 Å². The van der Waals surface area contributed by atoms with Crippen molar-refractivity contribution in [1.29, 1.82) is 0 Å². The molecule has 2 aliphatic rings. The number of carbonyl (C=O) groups is 2. The number of carbonyl (C=O) groups excluding carboxylic acids is 1. The molecule has 1 atom stereocenters. The first-order valence-corrected chi connectivity index (χ1v) is 8.00. The van der Waals surface area contributed by atoms with Crippen LogP contribution in [0.4, 0.5) is 5.69 Å². The van der Waals surface area contributed by atoms with Crippen molar-refractivity contribution in [3.05, 3.63) is 29.8 Å². The van der Waals surface area contributed by atoms with Crippen LogP contribution >= 0.6 is 11.8 Å². The van der Waals surface area contributed by atoms with E-state index in [-0.39, 0.29) is 11.8 Å². The second-order valence-corrected chi connectivity index (χ2v) is 6.66. The van der Waals surface area contributed by atoms with E-state index in [0.717, 1.165) is 29.2 Å². The van der Waals surface area contributed by atoms with Gasteiger partial charge in [0.05, 0.1) is 5.41 Å². The minimum absolute atomic E-state index is 0.0714. The highest BCUT2D eigenvalue weighted by Crippen LogP contribution is 2.48. The summed E-state index contributed by atoms with van der Waals surface area (Å²) in [6.07, 6.45) is 2.34. The van der Waals surface area contributed by atoms with Gasteiger partial charge in [0, 0.05) is 17.4 Å². The quantitative estimate of drug-likeness (QED) is 0.894. The van der Waals surface area contributed by atoms with Gasteiger partial charge in [-0.25, -0.2) is 0 Å². The molecule has 0 radical (unpaired) electrons. The van der Waals surface area contributed by atoms with Gasteiger partial charge in [0.25, 0.3) is 0 Å². The van der Waals surface area contributed by atoms with Crippen LogP contribution in [0.25, 0.3) is 0 Å². The van der Waals surface area contributed by atoms with Crippen molar-refractivity contribution in [3.8, 4) is 0 Å². The van der Waals surface area contributed by atoms with E-state index in [1.165, 1.54) is 0 Å². The number of hydrogen-bond acceptors (Lipinski definition) is 3. The second kappa shape index (κ2) is 5.13. The Balaban J connectivity index is 1.67. The summed E-state index contributed by atoms with van der Waals surface area (Å²) in [6.45, 7) is 0. The Kier molecular flexibility index (Phi) is 3.46. The third kappa shape index (κ3) is 2.42. The molecule has 2 fully saturated rings. The van der Waals surface area contributed by atoms with Crippen molar-refractivity contribution in [2.45, 2.75) is 24.7 Å². The lowest BCUT2D eigenvalue weighted by Crippen LogP contribution is -2.22. The SMILES string of the molecule is O=C(Nc1ccc(C2(C(=O)O)CC2)cc1)C1CCSC1. The van der Waals surface area contributed by atoms with Crippen LogP contribution in [0.1, 0.15) is 24.8 Å². The molecule has 1 saturated carbocycles. The number of thioether (sulfide) groups is 1. The fourth-order valence-electron chi connectivity index (χ4n) is 2.61. The monoisotopic (exact) mass is 291 g/mol. The van der Waals surface area contributed by atoms with Gasteiger partial charge in [0.1, 0.15) is 0 Å². The maximum absolute atomic E-state index is 12.0. The molecular weight excluding hydrogens is 274 g/mol. The number of anilines is 1. The molecule has 1 aliphatic carbocycles. The molecule has 1 amide bonds. The lowest BCUT2D eigenvalue weighted by Gasteiger charge is -2.13. The van der Waals surface area contributed by atoms with Crippen LogP contribution in [0.2, 0.25) is 0 Å². The number of rotatable bonds is 4. The van der Waals surface area contributed by atoms with Gasteiger partial charge < -0.3 is 10.4 Å².